The first-order valence-electron chi connectivity index (χ1n) is 22.6. The fourth-order valence-corrected chi connectivity index (χ4v) is 8.51. The predicted octanol–water partition coefficient (Wildman–Crippen LogP) is 10.2. The van der Waals surface area contributed by atoms with Crippen LogP contribution in [-0.2, 0) is 40.7 Å². The SMILES string of the molecule is C=C(OCCCCCCCCCCCC[n+]1ccccc1)C(C)(Br)CC(C)(CC(C)(C)C(=O)OCCCOc1ccc(C(C)(O)c2ccccc2)cc1)C(=O)OCCOCCO. The van der Waals surface area contributed by atoms with Gasteiger partial charge in [-0.25, -0.2) is 4.57 Å². The van der Waals surface area contributed by atoms with Crippen molar-refractivity contribution in [2.24, 2.45) is 10.8 Å². The number of alkyl halides is 1. The van der Waals surface area contributed by atoms with Gasteiger partial charge < -0.3 is 33.9 Å². The molecular formula is C51H75BrNO9+. The predicted molar refractivity (Wildman–Crippen MR) is 248 cm³/mol. The van der Waals surface area contributed by atoms with Gasteiger partial charge in [0, 0.05) is 25.0 Å². The van der Waals surface area contributed by atoms with Gasteiger partial charge in [-0.3, -0.25) is 9.59 Å². The molecule has 3 rings (SSSR count). The van der Waals surface area contributed by atoms with E-state index >= 15 is 0 Å². The van der Waals surface area contributed by atoms with Crippen LogP contribution in [0.2, 0.25) is 0 Å². The zero-order valence-corrected chi connectivity index (χ0v) is 39.8. The van der Waals surface area contributed by atoms with E-state index in [1.54, 1.807) is 27.7 Å². The number of carbonyl (C=O) groups is 2. The molecule has 0 saturated heterocycles. The number of aromatic nitrogens is 1. The number of hydrogen-bond donors (Lipinski definition) is 2. The smallest absolute Gasteiger partial charge is 0.311 e. The zero-order chi connectivity index (χ0) is 45.3. The molecule has 3 unspecified atom stereocenters. The van der Waals surface area contributed by atoms with E-state index in [-0.39, 0.29) is 45.9 Å². The molecule has 0 spiro atoms. The number of aliphatic hydroxyl groups is 2. The molecule has 1 heterocycles. The molecule has 10 nitrogen and oxygen atoms in total. The van der Waals surface area contributed by atoms with Gasteiger partial charge in [0.1, 0.15) is 30.3 Å². The third kappa shape index (κ3) is 18.9. The van der Waals surface area contributed by atoms with E-state index in [0.29, 0.717) is 31.1 Å². The highest BCUT2D eigenvalue weighted by Crippen LogP contribution is 2.46. The van der Waals surface area contributed by atoms with Gasteiger partial charge >= 0.3 is 11.9 Å². The number of halogens is 1. The molecule has 0 radical (unpaired) electrons. The molecule has 0 bridgehead atoms. The van der Waals surface area contributed by atoms with Crippen molar-refractivity contribution < 1.29 is 48.1 Å². The average molecular weight is 926 g/mol. The number of aryl methyl sites for hydroxylation is 1. The van der Waals surface area contributed by atoms with Crippen LogP contribution in [0.15, 0.2) is 97.5 Å². The van der Waals surface area contributed by atoms with E-state index in [1.165, 1.54) is 51.4 Å². The summed E-state index contributed by atoms with van der Waals surface area (Å²) >= 11 is 3.82. The highest BCUT2D eigenvalue weighted by Gasteiger charge is 2.48. The minimum Gasteiger partial charge on any atom is -0.497 e. The molecule has 344 valence electrons. The summed E-state index contributed by atoms with van der Waals surface area (Å²) in [5.41, 5.74) is -1.77. The number of hydrogen-bond acceptors (Lipinski definition) is 9. The quantitative estimate of drug-likeness (QED) is 0.0202. The lowest BCUT2D eigenvalue weighted by atomic mass is 9.69. The highest BCUT2D eigenvalue weighted by molar-refractivity contribution is 9.10. The van der Waals surface area contributed by atoms with Crippen LogP contribution >= 0.6 is 15.9 Å². The Morgan fingerprint density at radius 1 is 0.613 bits per heavy atom. The Hall–Kier alpha value is -3.77. The maximum absolute atomic E-state index is 13.8. The van der Waals surface area contributed by atoms with E-state index < -0.39 is 32.7 Å². The van der Waals surface area contributed by atoms with Crippen molar-refractivity contribution >= 4 is 27.9 Å². The third-order valence-corrected chi connectivity index (χ3v) is 12.0. The van der Waals surface area contributed by atoms with Crippen molar-refractivity contribution in [3.8, 4) is 5.75 Å². The summed E-state index contributed by atoms with van der Waals surface area (Å²) in [5, 5.41) is 20.2. The van der Waals surface area contributed by atoms with Crippen molar-refractivity contribution in [1.29, 1.82) is 0 Å². The molecule has 0 saturated carbocycles. The number of pyridine rings is 1. The first kappa shape index (κ1) is 52.6. The van der Waals surface area contributed by atoms with Gasteiger partial charge in [0.25, 0.3) is 0 Å². The Morgan fingerprint density at radius 2 is 1.16 bits per heavy atom. The Balaban J connectivity index is 1.42. The molecular weight excluding hydrogens is 850 g/mol. The van der Waals surface area contributed by atoms with E-state index in [2.05, 4.69) is 57.7 Å². The first-order chi connectivity index (χ1) is 29.6. The molecule has 11 heteroatoms. The fraction of sp³-hybridized carbons (Fsp3) is 0.588. The number of aliphatic hydroxyl groups excluding tert-OH is 1. The lowest BCUT2D eigenvalue weighted by molar-refractivity contribution is -0.697. The lowest BCUT2D eigenvalue weighted by Crippen LogP contribution is -2.43. The number of unbranched alkanes of at least 4 members (excludes halogenated alkanes) is 9. The Bertz CT molecular complexity index is 1720. The van der Waals surface area contributed by atoms with Crippen LogP contribution in [0.1, 0.15) is 129 Å². The average Bonchev–Trinajstić information content (AvgIpc) is 3.25. The number of esters is 2. The third-order valence-electron chi connectivity index (χ3n) is 11.3. The molecule has 2 aromatic carbocycles. The van der Waals surface area contributed by atoms with Gasteiger partial charge in [-0.05, 0) is 83.6 Å². The molecule has 3 atom stereocenters. The topological polar surface area (TPSA) is 125 Å². The van der Waals surface area contributed by atoms with Gasteiger partial charge in [-0.15, -0.1) is 0 Å². The van der Waals surface area contributed by atoms with Crippen molar-refractivity contribution in [1.82, 2.24) is 0 Å². The minimum atomic E-state index is -1.14. The summed E-state index contributed by atoms with van der Waals surface area (Å²) in [6.07, 6.45) is 17.2. The highest BCUT2D eigenvalue weighted by atomic mass is 79.9. The molecule has 0 aliphatic heterocycles. The van der Waals surface area contributed by atoms with Crippen molar-refractivity contribution in [3.63, 3.8) is 0 Å². The van der Waals surface area contributed by atoms with E-state index in [1.807, 2.05) is 61.5 Å². The van der Waals surface area contributed by atoms with E-state index in [0.717, 1.165) is 30.5 Å². The van der Waals surface area contributed by atoms with Crippen molar-refractivity contribution in [2.45, 2.75) is 135 Å². The van der Waals surface area contributed by atoms with Crippen LogP contribution in [0.5, 0.6) is 5.75 Å². The number of rotatable bonds is 33. The summed E-state index contributed by atoms with van der Waals surface area (Å²) in [6, 6.07) is 23.0. The van der Waals surface area contributed by atoms with Gasteiger partial charge in [0.15, 0.2) is 12.4 Å². The molecule has 0 amide bonds. The number of allylic oxidation sites excluding steroid dienone is 1. The Labute approximate surface area is 380 Å². The molecule has 2 N–H and O–H groups in total. The fourth-order valence-electron chi connectivity index (χ4n) is 7.77. The van der Waals surface area contributed by atoms with Crippen LogP contribution in [0.4, 0.5) is 0 Å². The van der Waals surface area contributed by atoms with Gasteiger partial charge in [-0.1, -0.05) is 116 Å². The van der Waals surface area contributed by atoms with Gasteiger partial charge in [0.05, 0.1) is 54.8 Å². The summed E-state index contributed by atoms with van der Waals surface area (Å²) in [4.78, 5) is 27.3. The largest absolute Gasteiger partial charge is 0.497 e. The summed E-state index contributed by atoms with van der Waals surface area (Å²) in [5.74, 6) is 0.260. The monoisotopic (exact) mass is 924 g/mol. The van der Waals surface area contributed by atoms with Crippen LogP contribution in [0, 0.1) is 10.8 Å². The second-order valence-electron chi connectivity index (χ2n) is 17.7. The number of carbonyl (C=O) groups excluding carboxylic acids is 2. The van der Waals surface area contributed by atoms with Crippen LogP contribution < -0.4 is 9.30 Å². The molecule has 1 aromatic heterocycles. The molecule has 3 aromatic rings. The standard InChI is InChI=1S/C51H75BrNO9/c1-42(59-34-22-14-12-10-8-7-9-11-13-19-30-53-31-20-16-21-32-53)50(5,52)41-49(4,47(56)62-39-38-58-37-33-54)40-48(2,3)46(55)61-36-23-35-60-45-28-26-44(27-29-45)51(6,57)43-24-17-15-18-25-43/h15-18,20-21,24-29,31-32,54,57H,1,7-14,19,22-23,30,33-41H2,2-6H3/q+1. The number of ether oxygens (including phenoxy) is 5. The van der Waals surface area contributed by atoms with Gasteiger partial charge in [-0.2, -0.15) is 0 Å². The van der Waals surface area contributed by atoms with Crippen LogP contribution in [0.25, 0.3) is 0 Å². The summed E-state index contributed by atoms with van der Waals surface area (Å²) < 4.78 is 30.2. The maximum atomic E-state index is 13.8. The number of benzene rings is 2. The van der Waals surface area contributed by atoms with Crippen LogP contribution in [-0.4, -0.2) is 72.7 Å². The van der Waals surface area contributed by atoms with E-state index in [9.17, 15) is 14.7 Å². The normalized spacial score (nSPS) is 14.5. The second-order valence-corrected chi connectivity index (χ2v) is 19.4. The molecule has 0 fully saturated rings. The summed E-state index contributed by atoms with van der Waals surface area (Å²) in [6.45, 7) is 15.5. The number of nitrogens with zero attached hydrogens (tertiary/aromatic N) is 1. The van der Waals surface area contributed by atoms with Crippen molar-refractivity contribution in [2.75, 3.05) is 46.2 Å². The first-order valence-corrected chi connectivity index (χ1v) is 23.4. The van der Waals surface area contributed by atoms with Crippen molar-refractivity contribution in [3.05, 3.63) is 109 Å². The summed E-state index contributed by atoms with van der Waals surface area (Å²) in [7, 11) is 0. The Kier molecular flexibility index (Phi) is 23.3. The second kappa shape index (κ2) is 27.4. The lowest BCUT2D eigenvalue weighted by Gasteiger charge is -2.39. The van der Waals surface area contributed by atoms with Crippen LogP contribution in [0.3, 0.4) is 0 Å². The Morgan fingerprint density at radius 3 is 1.79 bits per heavy atom. The molecule has 0 aliphatic carbocycles. The molecule has 62 heavy (non-hydrogen) atoms. The zero-order valence-electron chi connectivity index (χ0n) is 38.2. The van der Waals surface area contributed by atoms with E-state index in [4.69, 9.17) is 28.8 Å². The minimum absolute atomic E-state index is 0.0127. The maximum Gasteiger partial charge on any atom is 0.311 e. The van der Waals surface area contributed by atoms with Gasteiger partial charge in [0.2, 0.25) is 0 Å². The molecule has 0 aliphatic rings.